The Morgan fingerprint density at radius 1 is 1.42 bits per heavy atom. The number of anilines is 1. The zero-order valence-electron chi connectivity index (χ0n) is 13.9. The molecular weight excluding hydrogens is 332 g/mol. The van der Waals surface area contributed by atoms with Crippen molar-refractivity contribution in [1.29, 1.82) is 0 Å². The van der Waals surface area contributed by atoms with E-state index in [4.69, 9.17) is 4.74 Å². The third kappa shape index (κ3) is 4.93. The van der Waals surface area contributed by atoms with E-state index in [-0.39, 0.29) is 23.1 Å². The van der Waals surface area contributed by atoms with Crippen LogP contribution in [0.2, 0.25) is 0 Å². The summed E-state index contributed by atoms with van der Waals surface area (Å²) in [4.78, 5) is 11.4. The van der Waals surface area contributed by atoms with Crippen molar-refractivity contribution in [3.8, 4) is 0 Å². The summed E-state index contributed by atoms with van der Waals surface area (Å²) in [6.07, 6.45) is 1.62. The van der Waals surface area contributed by atoms with Crippen LogP contribution in [0.15, 0.2) is 23.1 Å². The van der Waals surface area contributed by atoms with Crippen LogP contribution in [0.25, 0.3) is 0 Å². The van der Waals surface area contributed by atoms with Gasteiger partial charge in [0.15, 0.2) is 0 Å². The number of carbonyl (C=O) groups is 1. The molecule has 1 heterocycles. The van der Waals surface area contributed by atoms with Gasteiger partial charge in [-0.2, -0.15) is 0 Å². The maximum absolute atomic E-state index is 12.4. The first-order valence-electron chi connectivity index (χ1n) is 8.02. The molecule has 0 radical (unpaired) electrons. The average molecular weight is 356 g/mol. The number of carboxylic acid groups (broad SMARTS) is 1. The fourth-order valence-corrected chi connectivity index (χ4v) is 3.52. The van der Waals surface area contributed by atoms with Gasteiger partial charge in [-0.05, 0) is 37.0 Å². The Morgan fingerprint density at radius 3 is 2.75 bits per heavy atom. The molecule has 0 aliphatic carbocycles. The van der Waals surface area contributed by atoms with Gasteiger partial charge in [0.25, 0.3) is 0 Å². The molecule has 1 fully saturated rings. The molecule has 24 heavy (non-hydrogen) atoms. The monoisotopic (exact) mass is 356 g/mol. The lowest BCUT2D eigenvalue weighted by Gasteiger charge is -2.14. The minimum absolute atomic E-state index is 0.0596. The number of hydrogen-bond donors (Lipinski definition) is 3. The smallest absolute Gasteiger partial charge is 0.337 e. The van der Waals surface area contributed by atoms with E-state index in [1.54, 1.807) is 0 Å². The lowest BCUT2D eigenvalue weighted by molar-refractivity contribution is 0.0697. The molecule has 8 heteroatoms. The first kappa shape index (κ1) is 18.7. The molecule has 0 spiro atoms. The molecule has 1 aromatic rings. The number of ether oxygens (including phenoxy) is 1. The van der Waals surface area contributed by atoms with Crippen molar-refractivity contribution in [3.05, 3.63) is 23.8 Å². The van der Waals surface area contributed by atoms with Crippen LogP contribution in [-0.4, -0.2) is 45.3 Å². The second-order valence-electron chi connectivity index (χ2n) is 6.27. The van der Waals surface area contributed by atoms with Crippen LogP contribution in [0.3, 0.4) is 0 Å². The Morgan fingerprint density at radius 2 is 2.17 bits per heavy atom. The number of carboxylic acids is 1. The number of sulfonamides is 1. The van der Waals surface area contributed by atoms with E-state index in [1.807, 2.05) is 13.8 Å². The molecule has 0 amide bonds. The highest BCUT2D eigenvalue weighted by atomic mass is 32.2. The molecule has 1 unspecified atom stereocenters. The molecule has 1 aromatic carbocycles. The van der Waals surface area contributed by atoms with Crippen molar-refractivity contribution in [2.24, 2.45) is 5.92 Å². The fraction of sp³-hybridized carbons (Fsp3) is 0.562. The highest BCUT2D eigenvalue weighted by molar-refractivity contribution is 7.89. The van der Waals surface area contributed by atoms with E-state index in [0.717, 1.165) is 12.8 Å². The van der Waals surface area contributed by atoms with Crippen LogP contribution < -0.4 is 10.0 Å². The average Bonchev–Trinajstić information content (AvgIpc) is 3.04. The van der Waals surface area contributed by atoms with E-state index in [0.29, 0.717) is 24.8 Å². The minimum atomic E-state index is -3.77. The Balaban J connectivity index is 2.16. The van der Waals surface area contributed by atoms with E-state index in [9.17, 15) is 18.3 Å². The normalized spacial score (nSPS) is 18.0. The van der Waals surface area contributed by atoms with E-state index < -0.39 is 16.0 Å². The topological polar surface area (TPSA) is 105 Å². The van der Waals surface area contributed by atoms with Gasteiger partial charge >= 0.3 is 5.97 Å². The zero-order chi connectivity index (χ0) is 17.7. The minimum Gasteiger partial charge on any atom is -0.478 e. The van der Waals surface area contributed by atoms with Crippen molar-refractivity contribution in [2.45, 2.75) is 37.7 Å². The van der Waals surface area contributed by atoms with Gasteiger partial charge in [0.2, 0.25) is 10.0 Å². The molecule has 1 atom stereocenters. The first-order valence-corrected chi connectivity index (χ1v) is 9.50. The van der Waals surface area contributed by atoms with E-state index in [1.165, 1.54) is 18.2 Å². The highest BCUT2D eigenvalue weighted by Gasteiger charge is 2.22. The summed E-state index contributed by atoms with van der Waals surface area (Å²) in [6.45, 7) is 5.44. The number of aromatic carboxylic acids is 1. The van der Waals surface area contributed by atoms with Crippen LogP contribution in [0.5, 0.6) is 0 Å². The number of hydrogen-bond acceptors (Lipinski definition) is 5. The summed E-state index contributed by atoms with van der Waals surface area (Å²) in [5, 5.41) is 12.4. The molecule has 1 aliphatic heterocycles. The van der Waals surface area contributed by atoms with Crippen molar-refractivity contribution in [1.82, 2.24) is 4.72 Å². The molecule has 1 saturated heterocycles. The Labute approximate surface area is 142 Å². The van der Waals surface area contributed by atoms with Gasteiger partial charge in [0, 0.05) is 25.4 Å². The highest BCUT2D eigenvalue weighted by Crippen LogP contribution is 2.21. The third-order valence-corrected chi connectivity index (χ3v) is 5.18. The maximum atomic E-state index is 12.4. The van der Waals surface area contributed by atoms with Crippen molar-refractivity contribution >= 4 is 21.7 Å². The van der Waals surface area contributed by atoms with Gasteiger partial charge in [-0.3, -0.25) is 0 Å². The lowest BCUT2D eigenvalue weighted by Crippen LogP contribution is -2.32. The number of benzene rings is 1. The number of rotatable bonds is 8. The summed E-state index contributed by atoms with van der Waals surface area (Å²) in [5.41, 5.74) is 0.352. The summed E-state index contributed by atoms with van der Waals surface area (Å²) < 4.78 is 32.6. The van der Waals surface area contributed by atoms with Crippen LogP contribution in [0.4, 0.5) is 5.69 Å². The molecule has 134 valence electrons. The molecule has 1 aliphatic rings. The Bertz CT molecular complexity index is 682. The number of nitrogens with one attached hydrogen (secondary N) is 2. The van der Waals surface area contributed by atoms with Gasteiger partial charge in [-0.1, -0.05) is 13.8 Å². The molecule has 3 N–H and O–H groups in total. The van der Waals surface area contributed by atoms with Gasteiger partial charge in [0.1, 0.15) is 0 Å². The van der Waals surface area contributed by atoms with E-state index in [2.05, 4.69) is 10.0 Å². The predicted octanol–water partition coefficient (Wildman–Crippen LogP) is 1.91. The molecule has 0 aromatic heterocycles. The quantitative estimate of drug-likeness (QED) is 0.657. The van der Waals surface area contributed by atoms with Crippen LogP contribution in [0, 0.1) is 5.92 Å². The SMILES string of the molecule is CC(C)CNc1ccc(S(=O)(=O)NCC2CCCO2)cc1C(=O)O. The lowest BCUT2D eigenvalue weighted by atomic mass is 10.1. The molecule has 7 nitrogen and oxygen atoms in total. The third-order valence-electron chi connectivity index (χ3n) is 3.76. The molecule has 0 saturated carbocycles. The molecule has 0 bridgehead atoms. The summed E-state index contributed by atoms with van der Waals surface area (Å²) in [6, 6.07) is 4.09. The summed E-state index contributed by atoms with van der Waals surface area (Å²) in [7, 11) is -3.77. The summed E-state index contributed by atoms with van der Waals surface area (Å²) in [5.74, 6) is -0.833. The van der Waals surface area contributed by atoms with Crippen molar-refractivity contribution in [2.75, 3.05) is 25.0 Å². The predicted molar refractivity (Wildman–Crippen MR) is 90.9 cm³/mol. The standard InChI is InChI=1S/C16H24N2O5S/c1-11(2)9-17-15-6-5-13(8-14(15)16(19)20)24(21,22)18-10-12-4-3-7-23-12/h5-6,8,11-12,17-18H,3-4,7,9-10H2,1-2H3,(H,19,20). The van der Waals surface area contributed by atoms with Crippen LogP contribution >= 0.6 is 0 Å². The van der Waals surface area contributed by atoms with Crippen molar-refractivity contribution < 1.29 is 23.1 Å². The largest absolute Gasteiger partial charge is 0.478 e. The Kier molecular flexibility index (Phi) is 6.20. The van der Waals surface area contributed by atoms with E-state index >= 15 is 0 Å². The first-order chi connectivity index (χ1) is 11.3. The molecular formula is C16H24N2O5S. The molecule has 2 rings (SSSR count). The van der Waals surface area contributed by atoms with Crippen molar-refractivity contribution in [3.63, 3.8) is 0 Å². The maximum Gasteiger partial charge on any atom is 0.337 e. The van der Waals surface area contributed by atoms with Gasteiger partial charge in [-0.15, -0.1) is 0 Å². The van der Waals surface area contributed by atoms with Gasteiger partial charge in [-0.25, -0.2) is 17.9 Å². The van der Waals surface area contributed by atoms with Gasteiger partial charge in [0.05, 0.1) is 16.6 Å². The van der Waals surface area contributed by atoms with Gasteiger partial charge < -0.3 is 15.2 Å². The second kappa shape index (κ2) is 7.96. The second-order valence-corrected chi connectivity index (χ2v) is 8.04. The van der Waals surface area contributed by atoms with Crippen LogP contribution in [-0.2, 0) is 14.8 Å². The fourth-order valence-electron chi connectivity index (χ4n) is 2.43. The zero-order valence-corrected chi connectivity index (χ0v) is 14.7. The summed E-state index contributed by atoms with van der Waals surface area (Å²) >= 11 is 0. The van der Waals surface area contributed by atoms with Crippen LogP contribution in [0.1, 0.15) is 37.0 Å². The Hall–Kier alpha value is -1.64.